The molecular weight excluding hydrogens is 262 g/mol. The predicted molar refractivity (Wildman–Crippen MR) is 73.9 cm³/mol. The Kier molecular flexibility index (Phi) is 4.39. The molecule has 0 saturated heterocycles. The number of nitrogens with one attached hydrogen (secondary N) is 2. The van der Waals surface area contributed by atoms with Gasteiger partial charge in [-0.05, 0) is 25.0 Å². The van der Waals surface area contributed by atoms with Gasteiger partial charge in [0.05, 0.1) is 12.0 Å². The minimum Gasteiger partial charge on any atom is -0.490 e. The number of nitro groups is 1. The third kappa shape index (κ3) is 3.37. The van der Waals surface area contributed by atoms with Crippen LogP contribution in [-0.4, -0.2) is 31.0 Å². The van der Waals surface area contributed by atoms with Crippen molar-refractivity contribution < 1.29 is 14.5 Å². The van der Waals surface area contributed by atoms with Crippen molar-refractivity contribution in [2.24, 2.45) is 5.92 Å². The molecule has 20 heavy (non-hydrogen) atoms. The average molecular weight is 279 g/mol. The molecule has 108 valence electrons. The highest BCUT2D eigenvalue weighted by Gasteiger charge is 2.29. The second-order valence-corrected chi connectivity index (χ2v) is 4.61. The Morgan fingerprint density at radius 1 is 1.45 bits per heavy atom. The van der Waals surface area contributed by atoms with Crippen LogP contribution in [0, 0.1) is 16.0 Å². The quantitative estimate of drug-likeness (QED) is 0.448. The number of carbonyl (C=O) groups excluding carboxylic acids is 1. The minimum atomic E-state index is -0.482. The lowest BCUT2D eigenvalue weighted by atomic mass is 10.2. The van der Waals surface area contributed by atoms with Gasteiger partial charge in [-0.3, -0.25) is 14.9 Å². The number of rotatable bonds is 7. The van der Waals surface area contributed by atoms with Crippen LogP contribution in [0.2, 0.25) is 0 Å². The fourth-order valence-electron chi connectivity index (χ4n) is 1.89. The molecule has 0 spiro atoms. The first-order valence-electron chi connectivity index (χ1n) is 6.46. The molecule has 1 aromatic carbocycles. The Hall–Kier alpha value is -2.31. The molecule has 2 rings (SSSR count). The lowest BCUT2D eigenvalue weighted by Gasteiger charge is -2.10. The molecule has 0 atom stereocenters. The number of hydrogen-bond donors (Lipinski definition) is 2. The minimum absolute atomic E-state index is 0.0620. The van der Waals surface area contributed by atoms with Gasteiger partial charge in [0.2, 0.25) is 5.91 Å². The highest BCUT2D eigenvalue weighted by molar-refractivity contribution is 5.80. The molecule has 1 amide bonds. The molecule has 0 aliphatic heterocycles. The van der Waals surface area contributed by atoms with Crippen molar-refractivity contribution in [3.8, 4) is 5.75 Å². The summed E-state index contributed by atoms with van der Waals surface area (Å²) >= 11 is 0. The van der Waals surface area contributed by atoms with Crippen LogP contribution < -0.4 is 15.4 Å². The number of amides is 1. The van der Waals surface area contributed by atoms with E-state index in [1.165, 1.54) is 13.2 Å². The number of benzene rings is 1. The lowest BCUT2D eigenvalue weighted by Crippen LogP contribution is -2.29. The van der Waals surface area contributed by atoms with Crippen molar-refractivity contribution in [1.29, 1.82) is 0 Å². The van der Waals surface area contributed by atoms with Gasteiger partial charge in [-0.2, -0.15) is 0 Å². The van der Waals surface area contributed by atoms with Crippen LogP contribution in [0.25, 0.3) is 0 Å². The number of hydrogen-bond acceptors (Lipinski definition) is 5. The molecule has 2 N–H and O–H groups in total. The molecule has 7 heteroatoms. The first-order valence-corrected chi connectivity index (χ1v) is 6.46. The normalized spacial score (nSPS) is 13.7. The van der Waals surface area contributed by atoms with E-state index in [0.29, 0.717) is 18.8 Å². The largest absolute Gasteiger partial charge is 0.490 e. The van der Waals surface area contributed by atoms with Gasteiger partial charge in [0.1, 0.15) is 5.69 Å². The van der Waals surface area contributed by atoms with Gasteiger partial charge in [0, 0.05) is 19.0 Å². The fourth-order valence-corrected chi connectivity index (χ4v) is 1.89. The maximum absolute atomic E-state index is 11.4. The second-order valence-electron chi connectivity index (χ2n) is 4.61. The first-order chi connectivity index (χ1) is 9.63. The zero-order valence-electron chi connectivity index (χ0n) is 11.2. The maximum atomic E-state index is 11.4. The van der Waals surface area contributed by atoms with Crippen LogP contribution in [0.1, 0.15) is 12.8 Å². The number of methoxy groups -OCH3 is 1. The van der Waals surface area contributed by atoms with Gasteiger partial charge < -0.3 is 15.4 Å². The van der Waals surface area contributed by atoms with Gasteiger partial charge in [-0.25, -0.2) is 0 Å². The van der Waals surface area contributed by atoms with Gasteiger partial charge in [-0.1, -0.05) is 6.07 Å². The molecule has 1 fully saturated rings. The Balaban J connectivity index is 1.91. The van der Waals surface area contributed by atoms with Crippen LogP contribution in [0.15, 0.2) is 18.2 Å². The van der Waals surface area contributed by atoms with Crippen molar-refractivity contribution in [3.63, 3.8) is 0 Å². The molecular formula is C13H17N3O4. The van der Waals surface area contributed by atoms with Gasteiger partial charge in [0.25, 0.3) is 0 Å². The predicted octanol–water partition coefficient (Wildman–Crippen LogP) is 1.54. The molecule has 1 aliphatic rings. The van der Waals surface area contributed by atoms with E-state index in [2.05, 4.69) is 10.6 Å². The first kappa shape index (κ1) is 14.1. The van der Waals surface area contributed by atoms with E-state index in [0.717, 1.165) is 12.8 Å². The van der Waals surface area contributed by atoms with E-state index in [4.69, 9.17) is 4.74 Å². The zero-order valence-corrected chi connectivity index (χ0v) is 11.2. The number of carbonyl (C=O) groups is 1. The molecule has 0 aromatic heterocycles. The summed E-state index contributed by atoms with van der Waals surface area (Å²) in [5.41, 5.74) is 0.290. The van der Waals surface area contributed by atoms with E-state index in [9.17, 15) is 14.9 Å². The Bertz CT molecular complexity index is 514. The van der Waals surface area contributed by atoms with E-state index >= 15 is 0 Å². The van der Waals surface area contributed by atoms with E-state index < -0.39 is 4.92 Å². The Morgan fingerprint density at radius 3 is 2.80 bits per heavy atom. The number of anilines is 1. The van der Waals surface area contributed by atoms with Gasteiger partial charge >= 0.3 is 5.69 Å². The summed E-state index contributed by atoms with van der Waals surface area (Å²) in [5.74, 6) is 0.440. The molecule has 1 aliphatic carbocycles. The number of para-hydroxylation sites is 1. The summed E-state index contributed by atoms with van der Waals surface area (Å²) in [6, 6.07) is 4.83. The van der Waals surface area contributed by atoms with Crippen molar-refractivity contribution in [2.75, 3.05) is 25.5 Å². The van der Waals surface area contributed by atoms with E-state index in [1.807, 2.05) is 0 Å². The third-order valence-electron chi connectivity index (χ3n) is 3.09. The highest BCUT2D eigenvalue weighted by atomic mass is 16.6. The molecule has 0 heterocycles. The molecule has 7 nitrogen and oxygen atoms in total. The summed E-state index contributed by atoms with van der Waals surface area (Å²) < 4.78 is 4.98. The molecule has 0 unspecified atom stereocenters. The Morgan fingerprint density at radius 2 is 2.20 bits per heavy atom. The smallest absolute Gasteiger partial charge is 0.333 e. The summed E-state index contributed by atoms with van der Waals surface area (Å²) in [7, 11) is 1.39. The standard InChI is InChI=1S/C13H17N3O4/c1-20-11-4-2-3-10(12(11)16(18)19)14-7-8-15-13(17)9-5-6-9/h2-4,9,14H,5-8H2,1H3,(H,15,17). The maximum Gasteiger partial charge on any atom is 0.333 e. The van der Waals surface area contributed by atoms with Gasteiger partial charge in [0.15, 0.2) is 5.75 Å². The zero-order chi connectivity index (χ0) is 14.5. The highest BCUT2D eigenvalue weighted by Crippen LogP contribution is 2.34. The number of ether oxygens (including phenoxy) is 1. The van der Waals surface area contributed by atoms with Crippen LogP contribution in [-0.2, 0) is 4.79 Å². The van der Waals surface area contributed by atoms with Crippen molar-refractivity contribution >= 4 is 17.3 Å². The van der Waals surface area contributed by atoms with Crippen LogP contribution in [0.4, 0.5) is 11.4 Å². The number of nitrogens with zero attached hydrogens (tertiary/aromatic N) is 1. The summed E-state index contributed by atoms with van der Waals surface area (Å²) in [4.78, 5) is 22.0. The topological polar surface area (TPSA) is 93.5 Å². The van der Waals surface area contributed by atoms with Crippen LogP contribution >= 0.6 is 0 Å². The molecule has 1 saturated carbocycles. The third-order valence-corrected chi connectivity index (χ3v) is 3.09. The van der Waals surface area contributed by atoms with Crippen LogP contribution in [0.5, 0.6) is 5.75 Å². The summed E-state index contributed by atoms with van der Waals surface area (Å²) in [6.45, 7) is 0.857. The van der Waals surface area contributed by atoms with Crippen molar-refractivity contribution in [2.45, 2.75) is 12.8 Å². The molecule has 0 radical (unpaired) electrons. The summed E-state index contributed by atoms with van der Waals surface area (Å²) in [5, 5.41) is 16.8. The second kappa shape index (κ2) is 6.23. The number of nitro benzene ring substituents is 1. The fraction of sp³-hybridized carbons (Fsp3) is 0.462. The van der Waals surface area contributed by atoms with E-state index in [-0.39, 0.29) is 23.3 Å². The van der Waals surface area contributed by atoms with Crippen molar-refractivity contribution in [3.05, 3.63) is 28.3 Å². The van der Waals surface area contributed by atoms with Crippen LogP contribution in [0.3, 0.4) is 0 Å². The monoisotopic (exact) mass is 279 g/mol. The Labute approximate surface area is 116 Å². The average Bonchev–Trinajstić information content (AvgIpc) is 3.27. The molecule has 1 aromatic rings. The lowest BCUT2D eigenvalue weighted by molar-refractivity contribution is -0.384. The van der Waals surface area contributed by atoms with Crippen molar-refractivity contribution in [1.82, 2.24) is 5.32 Å². The molecule has 0 bridgehead atoms. The van der Waals surface area contributed by atoms with E-state index in [1.54, 1.807) is 12.1 Å². The van der Waals surface area contributed by atoms with Gasteiger partial charge in [-0.15, -0.1) is 0 Å². The SMILES string of the molecule is COc1cccc(NCCNC(=O)C2CC2)c1[N+](=O)[O-]. The summed E-state index contributed by atoms with van der Waals surface area (Å²) in [6.07, 6.45) is 1.92.